The highest BCUT2D eigenvalue weighted by molar-refractivity contribution is 7.91. The van der Waals surface area contributed by atoms with Crippen molar-refractivity contribution in [1.82, 2.24) is 5.32 Å². The van der Waals surface area contributed by atoms with Crippen LogP contribution >= 0.6 is 12.4 Å². The third-order valence-corrected chi connectivity index (χ3v) is 6.88. The van der Waals surface area contributed by atoms with Crippen LogP contribution in [0.5, 0.6) is 11.5 Å². The number of hydrogen-bond donors (Lipinski definition) is 1. The van der Waals surface area contributed by atoms with Crippen LogP contribution in [0, 0.1) is 5.82 Å². The Hall–Kier alpha value is -2.61. The monoisotopic (exact) mass is 463 g/mol. The van der Waals surface area contributed by atoms with Gasteiger partial charge in [-0.05, 0) is 78.2 Å². The van der Waals surface area contributed by atoms with Crippen molar-refractivity contribution in [2.75, 3.05) is 13.7 Å². The molecule has 4 rings (SSSR count). The first-order valence-corrected chi connectivity index (χ1v) is 11.1. The molecule has 0 atom stereocenters. The molecular formula is C23H23ClFNO4S. The Balaban J connectivity index is 0.00000272. The van der Waals surface area contributed by atoms with E-state index in [9.17, 15) is 12.8 Å². The second-order valence-corrected chi connectivity index (χ2v) is 9.01. The van der Waals surface area contributed by atoms with Crippen molar-refractivity contribution in [3.05, 3.63) is 83.2 Å². The van der Waals surface area contributed by atoms with Gasteiger partial charge in [0.15, 0.2) is 0 Å². The Morgan fingerprint density at radius 3 is 2.52 bits per heavy atom. The lowest BCUT2D eigenvalue weighted by atomic mass is 10.0. The van der Waals surface area contributed by atoms with Crippen LogP contribution in [0.3, 0.4) is 0 Å². The van der Waals surface area contributed by atoms with Gasteiger partial charge in [0.05, 0.1) is 12.0 Å². The summed E-state index contributed by atoms with van der Waals surface area (Å²) in [5, 5.41) is 3.26. The third-order valence-electron chi connectivity index (χ3n) is 5.09. The van der Waals surface area contributed by atoms with Crippen LogP contribution in [0.25, 0.3) is 0 Å². The molecule has 0 saturated carbocycles. The van der Waals surface area contributed by atoms with E-state index in [1.807, 2.05) is 6.07 Å². The first-order chi connectivity index (χ1) is 14.5. The van der Waals surface area contributed by atoms with Crippen LogP contribution in [0.4, 0.5) is 4.39 Å². The predicted octanol–water partition coefficient (Wildman–Crippen LogP) is 4.31. The molecule has 164 valence electrons. The van der Waals surface area contributed by atoms with Gasteiger partial charge >= 0.3 is 0 Å². The summed E-state index contributed by atoms with van der Waals surface area (Å²) < 4.78 is 50.8. The van der Waals surface area contributed by atoms with Gasteiger partial charge in [-0.2, -0.15) is 0 Å². The van der Waals surface area contributed by atoms with E-state index in [0.29, 0.717) is 23.6 Å². The maximum Gasteiger partial charge on any atom is 0.210 e. The highest BCUT2D eigenvalue weighted by Crippen LogP contribution is 2.34. The van der Waals surface area contributed by atoms with E-state index in [1.165, 1.54) is 31.4 Å². The molecule has 31 heavy (non-hydrogen) atoms. The fourth-order valence-electron chi connectivity index (χ4n) is 3.49. The van der Waals surface area contributed by atoms with Gasteiger partial charge in [-0.25, -0.2) is 12.8 Å². The molecule has 8 heteroatoms. The lowest BCUT2D eigenvalue weighted by Crippen LogP contribution is -2.24. The van der Waals surface area contributed by atoms with E-state index in [2.05, 4.69) is 5.32 Å². The first-order valence-electron chi connectivity index (χ1n) is 9.60. The lowest BCUT2D eigenvalue weighted by molar-refractivity contribution is 0.305. The summed E-state index contributed by atoms with van der Waals surface area (Å²) in [5.74, 6) is 0.522. The number of benzene rings is 3. The number of hydrogen-bond acceptors (Lipinski definition) is 5. The van der Waals surface area contributed by atoms with Gasteiger partial charge in [0.25, 0.3) is 0 Å². The van der Waals surface area contributed by atoms with Crippen LogP contribution in [0.1, 0.15) is 16.7 Å². The maximum absolute atomic E-state index is 13.3. The predicted molar refractivity (Wildman–Crippen MR) is 118 cm³/mol. The van der Waals surface area contributed by atoms with Crippen LogP contribution in [-0.2, 0) is 29.4 Å². The molecule has 3 aromatic rings. The molecular weight excluding hydrogens is 441 g/mol. The molecule has 5 nitrogen and oxygen atoms in total. The molecule has 1 N–H and O–H groups in total. The molecule has 1 aliphatic rings. The van der Waals surface area contributed by atoms with Crippen molar-refractivity contribution < 1.29 is 22.3 Å². The van der Waals surface area contributed by atoms with Crippen molar-refractivity contribution in [1.29, 1.82) is 0 Å². The van der Waals surface area contributed by atoms with Gasteiger partial charge in [-0.1, -0.05) is 12.1 Å². The van der Waals surface area contributed by atoms with E-state index in [1.54, 1.807) is 30.3 Å². The standard InChI is InChI=1S/C23H22FNO4S.ClH/c1-28-22-12-17-9-10-25-14-18(17)13-23(22)30(26,27)21-7-5-20(6-8-21)29-15-16-3-2-4-19(24)11-16;/h2-8,11-13,25H,9-10,14-15H2,1H3;1H. The molecule has 1 aliphatic heterocycles. The van der Waals surface area contributed by atoms with E-state index in [0.717, 1.165) is 24.1 Å². The quantitative estimate of drug-likeness (QED) is 0.590. The molecule has 0 aromatic heterocycles. The zero-order valence-corrected chi connectivity index (χ0v) is 18.6. The number of fused-ring (bicyclic) bond motifs is 1. The van der Waals surface area contributed by atoms with E-state index < -0.39 is 9.84 Å². The van der Waals surface area contributed by atoms with Gasteiger partial charge in [0.2, 0.25) is 9.84 Å². The molecule has 0 unspecified atom stereocenters. The van der Waals surface area contributed by atoms with Gasteiger partial charge in [-0.3, -0.25) is 0 Å². The maximum atomic E-state index is 13.3. The normalized spacial score (nSPS) is 13.1. The topological polar surface area (TPSA) is 64.6 Å². The Morgan fingerprint density at radius 2 is 1.81 bits per heavy atom. The number of nitrogens with one attached hydrogen (secondary N) is 1. The van der Waals surface area contributed by atoms with Gasteiger partial charge in [0.1, 0.15) is 28.8 Å². The summed E-state index contributed by atoms with van der Waals surface area (Å²) in [6.45, 7) is 1.68. The summed E-state index contributed by atoms with van der Waals surface area (Å²) in [6, 6.07) is 15.9. The van der Waals surface area contributed by atoms with Crippen molar-refractivity contribution >= 4 is 22.2 Å². The molecule has 0 bridgehead atoms. The smallest absolute Gasteiger partial charge is 0.210 e. The summed E-state index contributed by atoms with van der Waals surface area (Å²) in [5.41, 5.74) is 2.76. The Morgan fingerprint density at radius 1 is 1.03 bits per heavy atom. The number of ether oxygens (including phenoxy) is 2. The minimum atomic E-state index is -3.76. The molecule has 0 saturated heterocycles. The van der Waals surface area contributed by atoms with Crippen LogP contribution in [0.15, 0.2) is 70.5 Å². The lowest BCUT2D eigenvalue weighted by Gasteiger charge is -2.20. The molecule has 0 amide bonds. The minimum absolute atomic E-state index is 0. The summed E-state index contributed by atoms with van der Waals surface area (Å²) >= 11 is 0. The number of methoxy groups -OCH3 is 1. The molecule has 0 fully saturated rings. The second kappa shape index (κ2) is 9.68. The largest absolute Gasteiger partial charge is 0.495 e. The molecule has 1 heterocycles. The first kappa shape index (κ1) is 23.1. The summed E-state index contributed by atoms with van der Waals surface area (Å²) in [7, 11) is -2.29. The van der Waals surface area contributed by atoms with Crippen molar-refractivity contribution in [2.45, 2.75) is 29.4 Å². The summed E-state index contributed by atoms with van der Waals surface area (Å²) in [6.07, 6.45) is 0.837. The van der Waals surface area contributed by atoms with Crippen molar-refractivity contribution in [3.63, 3.8) is 0 Å². The SMILES string of the molecule is COc1cc2c(cc1S(=O)(=O)c1ccc(OCc3cccc(F)c3)cc1)CNCC2.Cl. The fourth-order valence-corrected chi connectivity index (χ4v) is 4.95. The highest BCUT2D eigenvalue weighted by Gasteiger charge is 2.25. The zero-order chi connectivity index (χ0) is 21.1. The third kappa shape index (κ3) is 5.01. The number of sulfone groups is 1. The van der Waals surface area contributed by atoms with Gasteiger partial charge in [0, 0.05) is 6.54 Å². The van der Waals surface area contributed by atoms with Gasteiger partial charge in [-0.15, -0.1) is 12.4 Å². The van der Waals surface area contributed by atoms with Crippen LogP contribution in [0.2, 0.25) is 0 Å². The fraction of sp³-hybridized carbons (Fsp3) is 0.217. The number of rotatable bonds is 6. The van der Waals surface area contributed by atoms with E-state index in [4.69, 9.17) is 9.47 Å². The average molecular weight is 464 g/mol. The molecule has 0 radical (unpaired) electrons. The van der Waals surface area contributed by atoms with Gasteiger partial charge < -0.3 is 14.8 Å². The minimum Gasteiger partial charge on any atom is -0.495 e. The van der Waals surface area contributed by atoms with E-state index >= 15 is 0 Å². The highest BCUT2D eigenvalue weighted by atomic mass is 35.5. The Labute approximate surface area is 187 Å². The average Bonchev–Trinajstić information content (AvgIpc) is 2.77. The zero-order valence-electron chi connectivity index (χ0n) is 16.9. The Bertz CT molecular complexity index is 1170. The van der Waals surface area contributed by atoms with E-state index in [-0.39, 0.29) is 34.6 Å². The van der Waals surface area contributed by atoms with Crippen LogP contribution in [-0.4, -0.2) is 22.1 Å². The summed E-state index contributed by atoms with van der Waals surface area (Å²) in [4.78, 5) is 0.309. The Kier molecular flexibility index (Phi) is 7.20. The van der Waals surface area contributed by atoms with Crippen molar-refractivity contribution in [3.8, 4) is 11.5 Å². The second-order valence-electron chi connectivity index (χ2n) is 7.09. The number of halogens is 2. The molecule has 3 aromatic carbocycles. The molecule has 0 aliphatic carbocycles. The van der Waals surface area contributed by atoms with Crippen LogP contribution < -0.4 is 14.8 Å². The van der Waals surface area contributed by atoms with Crippen molar-refractivity contribution in [2.24, 2.45) is 0 Å². The molecule has 0 spiro atoms.